The van der Waals surface area contributed by atoms with Crippen molar-refractivity contribution in [1.82, 2.24) is 14.6 Å². The highest BCUT2D eigenvalue weighted by Crippen LogP contribution is 2.57. The second-order valence-electron chi connectivity index (χ2n) is 12.9. The molecule has 3 heterocycles. The molecule has 2 aromatic rings. The van der Waals surface area contributed by atoms with Crippen molar-refractivity contribution in [1.29, 1.82) is 0 Å². The Morgan fingerprint density at radius 2 is 1.95 bits per heavy atom. The summed E-state index contributed by atoms with van der Waals surface area (Å²) in [7, 11) is -3.85. The number of para-hydroxylation sites is 2. The molecule has 42 heavy (non-hydrogen) atoms. The molecule has 10 nitrogen and oxygen atoms in total. The van der Waals surface area contributed by atoms with Crippen LogP contribution in [0.15, 0.2) is 40.8 Å². The summed E-state index contributed by atoms with van der Waals surface area (Å²) >= 11 is 0. The van der Waals surface area contributed by atoms with E-state index >= 15 is 0 Å². The number of hydrogen-bond donors (Lipinski definition) is 1. The summed E-state index contributed by atoms with van der Waals surface area (Å²) in [6.45, 7) is 3.73. The Morgan fingerprint density at radius 3 is 2.71 bits per heavy atom. The monoisotopic (exact) mass is 597 g/mol. The van der Waals surface area contributed by atoms with Gasteiger partial charge >= 0.3 is 6.08 Å². The van der Waals surface area contributed by atoms with Crippen molar-refractivity contribution in [3.05, 3.63) is 36.4 Å². The molecule has 6 rings (SSSR count). The van der Waals surface area contributed by atoms with Crippen LogP contribution >= 0.6 is 0 Å². The molecule has 1 aromatic carbocycles. The maximum absolute atomic E-state index is 14.0. The Balaban J connectivity index is 1.25. The number of Topliss-reactive ketones (excluding diaryl/α,β-unsaturated/α-hetero) is 1. The minimum absolute atomic E-state index is 0.0823. The van der Waals surface area contributed by atoms with Gasteiger partial charge in [0.2, 0.25) is 21.8 Å². The van der Waals surface area contributed by atoms with Crippen LogP contribution in [0.25, 0.3) is 11.1 Å². The summed E-state index contributed by atoms with van der Waals surface area (Å²) in [6.07, 6.45) is 9.48. The lowest BCUT2D eigenvalue weighted by Gasteiger charge is -2.27. The molecule has 1 aromatic heterocycles. The van der Waals surface area contributed by atoms with Crippen molar-refractivity contribution in [2.24, 2.45) is 17.3 Å². The number of ketones is 1. The van der Waals surface area contributed by atoms with Crippen LogP contribution in [-0.4, -0.2) is 59.3 Å². The van der Waals surface area contributed by atoms with Crippen molar-refractivity contribution in [2.45, 2.75) is 94.9 Å². The fourth-order valence-electron chi connectivity index (χ4n) is 6.38. The van der Waals surface area contributed by atoms with Crippen molar-refractivity contribution in [2.75, 3.05) is 6.54 Å². The van der Waals surface area contributed by atoms with Crippen LogP contribution in [0.2, 0.25) is 0 Å². The molecular formula is C31H39N3O7S. The number of allylic oxidation sites excluding steroid dienone is 2. The van der Waals surface area contributed by atoms with Gasteiger partial charge in [0, 0.05) is 18.8 Å². The first-order chi connectivity index (χ1) is 20.0. The van der Waals surface area contributed by atoms with Gasteiger partial charge in [0.05, 0.1) is 22.7 Å². The number of aromatic nitrogens is 1. The number of nitrogens with zero attached hydrogens (tertiary/aromatic N) is 2. The summed E-state index contributed by atoms with van der Waals surface area (Å²) in [4.78, 5) is 47.2. The molecular weight excluding hydrogens is 558 g/mol. The van der Waals surface area contributed by atoms with E-state index in [9.17, 15) is 22.8 Å². The predicted molar refractivity (Wildman–Crippen MR) is 155 cm³/mol. The van der Waals surface area contributed by atoms with Gasteiger partial charge in [-0.25, -0.2) is 8.42 Å². The Labute approximate surface area is 246 Å². The Bertz CT molecular complexity index is 1490. The van der Waals surface area contributed by atoms with Gasteiger partial charge < -0.3 is 14.1 Å². The Kier molecular flexibility index (Phi) is 7.43. The third-order valence-electron chi connectivity index (χ3n) is 9.66. The van der Waals surface area contributed by atoms with Crippen LogP contribution in [-0.2, 0) is 24.4 Å². The number of ether oxygens (including phenoxy) is 1. The van der Waals surface area contributed by atoms with Gasteiger partial charge in [-0.2, -0.15) is 4.98 Å². The van der Waals surface area contributed by atoms with Crippen LogP contribution in [0.5, 0.6) is 6.08 Å². The average molecular weight is 598 g/mol. The molecule has 2 aliphatic carbocycles. The van der Waals surface area contributed by atoms with E-state index in [1.165, 1.54) is 0 Å². The summed E-state index contributed by atoms with van der Waals surface area (Å²) in [5, 5.41) is 0. The maximum Gasteiger partial charge on any atom is 0.394 e. The average Bonchev–Trinajstić information content (AvgIpc) is 3.76. The van der Waals surface area contributed by atoms with Crippen molar-refractivity contribution < 1.29 is 32.0 Å². The molecule has 5 atom stereocenters. The predicted octanol–water partition coefficient (Wildman–Crippen LogP) is 4.30. The van der Waals surface area contributed by atoms with Gasteiger partial charge in [0.15, 0.2) is 11.4 Å². The van der Waals surface area contributed by atoms with Crippen LogP contribution in [0.1, 0.15) is 78.1 Å². The van der Waals surface area contributed by atoms with E-state index in [0.29, 0.717) is 30.4 Å². The second-order valence-corrected chi connectivity index (χ2v) is 15.1. The third kappa shape index (κ3) is 5.47. The summed E-state index contributed by atoms with van der Waals surface area (Å²) in [6, 6.07) is 6.50. The molecule has 11 heteroatoms. The molecule has 0 spiro atoms. The number of hydrogen-bond acceptors (Lipinski definition) is 8. The van der Waals surface area contributed by atoms with Gasteiger partial charge in [-0.15, -0.1) is 0 Å². The SMILES string of the molecule is C[C@H]1CCCCC/C=C\[C@H]2C[C@@]2(C(=O)NS(=O)(=O)C2(C)CC2)CC(=O)[C@@H]2C[C@@H](Oc3nc4ccccc4o3)CN2C1=O. The molecule has 4 aliphatic rings. The minimum Gasteiger partial charge on any atom is -0.445 e. The minimum atomic E-state index is -3.85. The molecule has 226 valence electrons. The van der Waals surface area contributed by atoms with Crippen molar-refractivity contribution in [3.63, 3.8) is 0 Å². The van der Waals surface area contributed by atoms with Crippen LogP contribution in [0, 0.1) is 17.3 Å². The van der Waals surface area contributed by atoms with Gasteiger partial charge in [-0.05, 0) is 63.5 Å². The van der Waals surface area contributed by atoms with Gasteiger partial charge in [0.25, 0.3) is 0 Å². The van der Waals surface area contributed by atoms with E-state index in [0.717, 1.165) is 32.1 Å². The van der Waals surface area contributed by atoms with Crippen molar-refractivity contribution in [3.8, 4) is 6.08 Å². The van der Waals surface area contributed by atoms with Crippen LogP contribution < -0.4 is 9.46 Å². The van der Waals surface area contributed by atoms with Gasteiger partial charge in [-0.1, -0.05) is 44.1 Å². The van der Waals surface area contributed by atoms with Crippen LogP contribution in [0.3, 0.4) is 0 Å². The quantitative estimate of drug-likeness (QED) is 0.504. The van der Waals surface area contributed by atoms with E-state index in [1.54, 1.807) is 17.9 Å². The van der Waals surface area contributed by atoms with Crippen LogP contribution in [0.4, 0.5) is 0 Å². The van der Waals surface area contributed by atoms with Gasteiger partial charge in [-0.3, -0.25) is 19.1 Å². The molecule has 3 fully saturated rings. The molecule has 1 saturated heterocycles. The lowest BCUT2D eigenvalue weighted by Crippen LogP contribution is -2.46. The summed E-state index contributed by atoms with van der Waals surface area (Å²) in [5.74, 6) is -1.48. The summed E-state index contributed by atoms with van der Waals surface area (Å²) in [5.41, 5.74) is 0.0832. The first-order valence-electron chi connectivity index (χ1n) is 15.1. The molecule has 0 unspecified atom stereocenters. The Hall–Kier alpha value is -3.21. The second kappa shape index (κ2) is 10.8. The fraction of sp³-hybridized carbons (Fsp3) is 0.613. The number of rotatable bonds is 5. The molecule has 0 bridgehead atoms. The number of amides is 2. The highest BCUT2D eigenvalue weighted by atomic mass is 32.2. The fourth-order valence-corrected chi connectivity index (χ4v) is 7.72. The zero-order chi connectivity index (χ0) is 29.7. The van der Waals surface area contributed by atoms with E-state index in [4.69, 9.17) is 9.15 Å². The molecule has 1 N–H and O–H groups in total. The summed E-state index contributed by atoms with van der Waals surface area (Å²) < 4.78 is 39.0. The maximum atomic E-state index is 14.0. The first-order valence-corrected chi connectivity index (χ1v) is 16.6. The molecule has 2 aliphatic heterocycles. The number of benzene rings is 1. The van der Waals surface area contributed by atoms with E-state index < -0.39 is 38.2 Å². The molecule has 2 saturated carbocycles. The van der Waals surface area contributed by atoms with Gasteiger partial charge in [0.1, 0.15) is 11.6 Å². The highest BCUT2D eigenvalue weighted by Gasteiger charge is 2.62. The standard InChI is InChI=1S/C31H39N3O7S/c1-20-10-6-4-3-5-7-11-21-17-31(21,28(37)33-42(38,39)30(2)14-15-30)18-25(35)24-16-22(19-34(24)27(20)36)40-29-32-23-12-8-9-13-26(23)41-29/h7-9,11-13,20-22,24H,3-6,10,14-19H2,1-2H3,(H,33,37)/b11-7-/t20-,21-,22+,24-,31+/m0/s1. The highest BCUT2D eigenvalue weighted by molar-refractivity contribution is 7.91. The molecule has 0 radical (unpaired) electrons. The normalized spacial score (nSPS) is 32.3. The number of fused-ring (bicyclic) bond motifs is 3. The first kappa shape index (κ1) is 28.9. The smallest absolute Gasteiger partial charge is 0.394 e. The Morgan fingerprint density at radius 1 is 1.17 bits per heavy atom. The number of carbonyl (C=O) groups excluding carboxylic acids is 3. The van der Waals surface area contributed by atoms with E-state index in [-0.39, 0.29) is 49.0 Å². The van der Waals surface area contributed by atoms with E-state index in [1.807, 2.05) is 37.3 Å². The number of sulfonamides is 1. The lowest BCUT2D eigenvalue weighted by molar-refractivity contribution is -0.141. The number of nitrogens with one attached hydrogen (secondary N) is 1. The number of oxazole rings is 1. The zero-order valence-electron chi connectivity index (χ0n) is 24.2. The third-order valence-corrected chi connectivity index (χ3v) is 11.8. The topological polar surface area (TPSA) is 136 Å². The zero-order valence-corrected chi connectivity index (χ0v) is 25.0. The van der Waals surface area contributed by atoms with Crippen molar-refractivity contribution >= 4 is 38.7 Å². The van der Waals surface area contributed by atoms with E-state index in [2.05, 4.69) is 9.71 Å². The number of carbonyl (C=O) groups is 3. The lowest BCUT2D eigenvalue weighted by atomic mass is 9.91. The molecule has 2 amide bonds. The largest absolute Gasteiger partial charge is 0.445 e.